The molecule has 6 heterocycles. The number of fused-ring (bicyclic) bond motifs is 17. The summed E-state index contributed by atoms with van der Waals surface area (Å²) >= 11 is 0. The molecule has 2 aliphatic rings. The molecule has 0 aliphatic carbocycles. The predicted molar refractivity (Wildman–Crippen MR) is 221 cm³/mol. The Kier molecular flexibility index (Phi) is 4.59. The maximum Gasteiger partial charge on any atom is 0.256 e. The average molecular weight is 672 g/mol. The number of hydrogen-bond acceptors (Lipinski definition) is 1. The number of nitrogens with zero attached hydrogens (tertiary/aromatic N) is 3. The van der Waals surface area contributed by atoms with Gasteiger partial charge in [-0.15, -0.1) is 0 Å². The molecule has 4 aromatic heterocycles. The summed E-state index contributed by atoms with van der Waals surface area (Å²) < 4.78 is 14.5. The summed E-state index contributed by atoms with van der Waals surface area (Å²) in [6.07, 6.45) is 0. The van der Waals surface area contributed by atoms with E-state index in [2.05, 4.69) is 171 Å². The van der Waals surface area contributed by atoms with Crippen molar-refractivity contribution in [3.05, 3.63) is 158 Å². The van der Waals surface area contributed by atoms with E-state index in [-0.39, 0.29) is 6.71 Å². The van der Waals surface area contributed by atoms with Crippen molar-refractivity contribution >= 4 is 105 Å². The van der Waals surface area contributed by atoms with Crippen LogP contribution in [0.3, 0.4) is 0 Å². The fourth-order valence-electron chi connectivity index (χ4n) is 10.4. The van der Waals surface area contributed by atoms with Crippen LogP contribution in [0.1, 0.15) is 0 Å². The van der Waals surface area contributed by atoms with Gasteiger partial charge in [-0.05, 0) is 58.9 Å². The number of ether oxygens (including phenoxy) is 1. The van der Waals surface area contributed by atoms with Crippen LogP contribution in [-0.2, 0) is 0 Å². The van der Waals surface area contributed by atoms with Gasteiger partial charge < -0.3 is 18.3 Å². The first-order valence-electron chi connectivity index (χ1n) is 18.4. The van der Waals surface area contributed by atoms with Gasteiger partial charge in [0.25, 0.3) is 6.71 Å². The Bertz CT molecular complexity index is 3570. The van der Waals surface area contributed by atoms with Crippen LogP contribution in [0.2, 0.25) is 0 Å². The minimum Gasteiger partial charge on any atom is -0.458 e. The lowest BCUT2D eigenvalue weighted by Gasteiger charge is -2.33. The molecule has 53 heavy (non-hydrogen) atoms. The topological polar surface area (TPSA) is 23.5 Å². The highest BCUT2D eigenvalue weighted by atomic mass is 16.5. The Labute approximate surface area is 302 Å². The first-order valence-corrected chi connectivity index (χ1v) is 18.4. The van der Waals surface area contributed by atoms with Gasteiger partial charge in [0.05, 0.1) is 38.8 Å². The van der Waals surface area contributed by atoms with E-state index in [1.165, 1.54) is 104 Å². The van der Waals surface area contributed by atoms with Crippen LogP contribution in [-0.4, -0.2) is 20.2 Å². The van der Waals surface area contributed by atoms with Gasteiger partial charge in [0.1, 0.15) is 11.5 Å². The van der Waals surface area contributed by atoms with Crippen LogP contribution in [0.15, 0.2) is 158 Å². The molecule has 14 rings (SSSR count). The number of para-hydroxylation sites is 6. The van der Waals surface area contributed by atoms with Gasteiger partial charge in [-0.2, -0.15) is 0 Å². The van der Waals surface area contributed by atoms with Crippen molar-refractivity contribution in [1.29, 1.82) is 0 Å². The van der Waals surface area contributed by atoms with E-state index in [1.54, 1.807) is 0 Å². The van der Waals surface area contributed by atoms with E-state index < -0.39 is 0 Å². The van der Waals surface area contributed by atoms with Crippen molar-refractivity contribution in [3.63, 3.8) is 0 Å². The maximum atomic E-state index is 6.99. The third-order valence-corrected chi connectivity index (χ3v) is 12.4. The van der Waals surface area contributed by atoms with Crippen LogP contribution in [0, 0.1) is 0 Å². The van der Waals surface area contributed by atoms with E-state index in [9.17, 15) is 0 Å². The molecule has 12 aromatic rings. The summed E-state index contributed by atoms with van der Waals surface area (Å²) in [4.78, 5) is 0. The van der Waals surface area contributed by atoms with Gasteiger partial charge in [-0.1, -0.05) is 109 Å². The summed E-state index contributed by atoms with van der Waals surface area (Å²) in [6.45, 7) is 0.0441. The van der Waals surface area contributed by atoms with E-state index in [0.29, 0.717) is 0 Å². The van der Waals surface area contributed by atoms with Gasteiger partial charge in [0.2, 0.25) is 0 Å². The van der Waals surface area contributed by atoms with Crippen molar-refractivity contribution < 1.29 is 4.74 Å². The fraction of sp³-hybridized carbons (Fsp3) is 0. The quantitative estimate of drug-likeness (QED) is 0.159. The van der Waals surface area contributed by atoms with Gasteiger partial charge in [-0.25, -0.2) is 0 Å². The SMILES string of the molecule is c1ccc2c(c1)Oc1cc(-n3c4ccccc4c4ccccc43)cc3c1B2c1cccc2c4cc5c6ccccc6n6c7ccccc7c(c4n-3c12)c56. The van der Waals surface area contributed by atoms with E-state index >= 15 is 0 Å². The Hall–Kier alpha value is -6.98. The smallest absolute Gasteiger partial charge is 0.256 e. The minimum absolute atomic E-state index is 0.0441. The zero-order valence-electron chi connectivity index (χ0n) is 28.3. The summed E-state index contributed by atoms with van der Waals surface area (Å²) in [6, 6.07) is 58.1. The number of benzene rings is 8. The molecule has 0 amide bonds. The normalized spacial score (nSPS) is 13.4. The molecule has 2 aliphatic heterocycles. The second-order valence-electron chi connectivity index (χ2n) is 14.8. The monoisotopic (exact) mass is 671 g/mol. The molecular weight excluding hydrogens is 645 g/mol. The fourth-order valence-corrected chi connectivity index (χ4v) is 10.4. The summed E-state index contributed by atoms with van der Waals surface area (Å²) in [5, 5.41) is 10.2. The molecule has 0 fully saturated rings. The molecule has 0 radical (unpaired) electrons. The highest BCUT2D eigenvalue weighted by molar-refractivity contribution is 6.99. The molecule has 0 bridgehead atoms. The third-order valence-electron chi connectivity index (χ3n) is 12.4. The molecule has 8 aromatic carbocycles. The molecule has 0 spiro atoms. The van der Waals surface area contributed by atoms with Crippen molar-refractivity contribution in [2.24, 2.45) is 0 Å². The molecular formula is C48H26BN3O. The largest absolute Gasteiger partial charge is 0.458 e. The van der Waals surface area contributed by atoms with Crippen LogP contribution >= 0.6 is 0 Å². The van der Waals surface area contributed by atoms with Gasteiger partial charge in [-0.3, -0.25) is 0 Å². The number of hydrogen-bond donors (Lipinski definition) is 0. The molecule has 4 nitrogen and oxygen atoms in total. The van der Waals surface area contributed by atoms with Gasteiger partial charge in [0, 0.05) is 60.4 Å². The predicted octanol–water partition coefficient (Wildman–Crippen LogP) is 9.97. The Morgan fingerprint density at radius 1 is 0.396 bits per heavy atom. The average Bonchev–Trinajstić information content (AvgIpc) is 3.94. The van der Waals surface area contributed by atoms with Crippen molar-refractivity contribution in [2.45, 2.75) is 0 Å². The van der Waals surface area contributed by atoms with Crippen molar-refractivity contribution in [3.8, 4) is 22.9 Å². The lowest BCUT2D eigenvalue weighted by atomic mass is 9.34. The molecule has 242 valence electrons. The Morgan fingerprint density at radius 2 is 0.981 bits per heavy atom. The highest BCUT2D eigenvalue weighted by Crippen LogP contribution is 2.48. The standard InChI is InChI=1S/C48H26BN3O/c1-6-19-37-28(12-1)29-13-2-7-20-38(29)50(37)27-24-41-45-43(25-27)53-42-23-10-5-17-35(42)49(45)36-18-11-16-31-34-26-33-30-14-3-8-21-39(30)51-40-22-9-4-15-32(40)44(47(33)51)48(34)52(41)46(31)36/h1-26H. The van der Waals surface area contributed by atoms with Crippen LogP contribution in [0.5, 0.6) is 11.5 Å². The first-order chi connectivity index (χ1) is 26.3. The minimum atomic E-state index is 0.0441. The lowest BCUT2D eigenvalue weighted by molar-refractivity contribution is 0.487. The third kappa shape index (κ3) is 3.02. The van der Waals surface area contributed by atoms with Gasteiger partial charge >= 0.3 is 0 Å². The lowest BCUT2D eigenvalue weighted by Crippen LogP contribution is -2.58. The van der Waals surface area contributed by atoms with Crippen molar-refractivity contribution in [1.82, 2.24) is 13.5 Å². The van der Waals surface area contributed by atoms with Crippen molar-refractivity contribution in [2.75, 3.05) is 0 Å². The van der Waals surface area contributed by atoms with Crippen LogP contribution < -0.4 is 21.1 Å². The first kappa shape index (κ1) is 26.8. The van der Waals surface area contributed by atoms with Gasteiger partial charge in [0.15, 0.2) is 0 Å². The van der Waals surface area contributed by atoms with E-state index in [0.717, 1.165) is 17.2 Å². The molecule has 5 heteroatoms. The molecule has 0 N–H and O–H groups in total. The van der Waals surface area contributed by atoms with Crippen LogP contribution in [0.4, 0.5) is 0 Å². The number of aromatic nitrogens is 3. The summed E-state index contributed by atoms with van der Waals surface area (Å²) in [5.41, 5.74) is 14.7. The van der Waals surface area contributed by atoms with E-state index in [1.807, 2.05) is 0 Å². The second-order valence-corrected chi connectivity index (χ2v) is 14.8. The zero-order valence-corrected chi connectivity index (χ0v) is 28.3. The molecule has 0 saturated heterocycles. The Morgan fingerprint density at radius 3 is 1.75 bits per heavy atom. The zero-order chi connectivity index (χ0) is 34.1. The number of rotatable bonds is 1. The molecule has 0 atom stereocenters. The maximum absolute atomic E-state index is 6.99. The summed E-state index contributed by atoms with van der Waals surface area (Å²) in [5.74, 6) is 1.84. The molecule has 0 unspecified atom stereocenters. The second kappa shape index (κ2) is 9.08. The summed E-state index contributed by atoms with van der Waals surface area (Å²) in [7, 11) is 0. The molecule has 0 saturated carbocycles. The highest BCUT2D eigenvalue weighted by Gasteiger charge is 2.41. The Balaban J connectivity index is 1.23. The van der Waals surface area contributed by atoms with Crippen LogP contribution in [0.25, 0.3) is 93.1 Å². The van der Waals surface area contributed by atoms with E-state index in [4.69, 9.17) is 4.74 Å².